The van der Waals surface area contributed by atoms with Crippen molar-refractivity contribution in [2.75, 3.05) is 6.54 Å². The Morgan fingerprint density at radius 2 is 1.94 bits per heavy atom. The SMILES string of the molecule is CC1(C)CNC(c2ccc(Cl)cc2)C(=O)N1. The second kappa shape index (κ2) is 4.07. The molecule has 0 aromatic heterocycles. The van der Waals surface area contributed by atoms with Gasteiger partial charge in [-0.1, -0.05) is 23.7 Å². The van der Waals surface area contributed by atoms with Crippen LogP contribution in [0.5, 0.6) is 0 Å². The third-order valence-electron chi connectivity index (χ3n) is 2.68. The Hall–Kier alpha value is -1.06. The summed E-state index contributed by atoms with van der Waals surface area (Å²) in [7, 11) is 0. The topological polar surface area (TPSA) is 41.1 Å². The van der Waals surface area contributed by atoms with E-state index in [0.29, 0.717) is 5.02 Å². The quantitative estimate of drug-likeness (QED) is 0.785. The predicted octanol–water partition coefficient (Wildman–Crippen LogP) is 1.88. The first-order valence-corrected chi connectivity index (χ1v) is 5.67. The summed E-state index contributed by atoms with van der Waals surface area (Å²) in [5.41, 5.74) is 0.761. The van der Waals surface area contributed by atoms with E-state index in [9.17, 15) is 4.79 Å². The molecular formula is C12H15ClN2O. The van der Waals surface area contributed by atoms with Crippen molar-refractivity contribution in [3.8, 4) is 0 Å². The number of hydrogen-bond donors (Lipinski definition) is 2. The van der Waals surface area contributed by atoms with Crippen LogP contribution in [-0.4, -0.2) is 18.0 Å². The number of benzene rings is 1. The van der Waals surface area contributed by atoms with Gasteiger partial charge in [0.2, 0.25) is 5.91 Å². The largest absolute Gasteiger partial charge is 0.348 e. The minimum absolute atomic E-state index is 0.0126. The fourth-order valence-electron chi connectivity index (χ4n) is 1.82. The molecule has 0 aliphatic carbocycles. The van der Waals surface area contributed by atoms with Gasteiger partial charge in [0.1, 0.15) is 6.04 Å². The summed E-state index contributed by atoms with van der Waals surface area (Å²) in [5.74, 6) is 0.0126. The molecule has 86 valence electrons. The van der Waals surface area contributed by atoms with Crippen LogP contribution in [0.2, 0.25) is 5.02 Å². The first-order chi connectivity index (χ1) is 7.48. The molecular weight excluding hydrogens is 224 g/mol. The lowest BCUT2D eigenvalue weighted by molar-refractivity contribution is -0.126. The summed E-state index contributed by atoms with van der Waals surface area (Å²) < 4.78 is 0. The smallest absolute Gasteiger partial charge is 0.242 e. The molecule has 16 heavy (non-hydrogen) atoms. The standard InChI is InChI=1S/C12H15ClN2O/c1-12(2)7-14-10(11(16)15-12)8-3-5-9(13)6-4-8/h3-6,10,14H,7H2,1-2H3,(H,15,16). The first kappa shape index (κ1) is 11.4. The maximum Gasteiger partial charge on any atom is 0.242 e. The predicted molar refractivity (Wildman–Crippen MR) is 64.4 cm³/mol. The molecule has 2 rings (SSSR count). The normalized spacial score (nSPS) is 23.9. The molecule has 0 saturated carbocycles. The van der Waals surface area contributed by atoms with Gasteiger partial charge in [0.15, 0.2) is 0 Å². The lowest BCUT2D eigenvalue weighted by Crippen LogP contribution is -2.59. The van der Waals surface area contributed by atoms with Crippen LogP contribution in [0.1, 0.15) is 25.5 Å². The highest BCUT2D eigenvalue weighted by molar-refractivity contribution is 6.30. The Balaban J connectivity index is 2.17. The van der Waals surface area contributed by atoms with Gasteiger partial charge in [-0.3, -0.25) is 10.1 Å². The van der Waals surface area contributed by atoms with Crippen molar-refractivity contribution < 1.29 is 4.79 Å². The van der Waals surface area contributed by atoms with Crippen molar-refractivity contribution in [2.24, 2.45) is 0 Å². The highest BCUT2D eigenvalue weighted by Gasteiger charge is 2.32. The molecule has 1 amide bonds. The van der Waals surface area contributed by atoms with E-state index in [1.165, 1.54) is 0 Å². The van der Waals surface area contributed by atoms with Gasteiger partial charge in [0.05, 0.1) is 0 Å². The van der Waals surface area contributed by atoms with E-state index >= 15 is 0 Å². The van der Waals surface area contributed by atoms with E-state index in [1.54, 1.807) is 12.1 Å². The van der Waals surface area contributed by atoms with Crippen LogP contribution < -0.4 is 10.6 Å². The number of nitrogens with one attached hydrogen (secondary N) is 2. The van der Waals surface area contributed by atoms with Gasteiger partial charge >= 0.3 is 0 Å². The molecule has 0 spiro atoms. The fourth-order valence-corrected chi connectivity index (χ4v) is 1.95. The third-order valence-corrected chi connectivity index (χ3v) is 2.93. The van der Waals surface area contributed by atoms with Crippen LogP contribution in [0, 0.1) is 0 Å². The Labute approximate surface area is 100 Å². The van der Waals surface area contributed by atoms with E-state index in [4.69, 9.17) is 11.6 Å². The Morgan fingerprint density at radius 3 is 2.50 bits per heavy atom. The van der Waals surface area contributed by atoms with Crippen LogP contribution >= 0.6 is 11.6 Å². The number of carbonyl (C=O) groups excluding carboxylic acids is 1. The number of halogens is 1. The molecule has 4 heteroatoms. The van der Waals surface area contributed by atoms with E-state index in [2.05, 4.69) is 10.6 Å². The molecule has 1 fully saturated rings. The maximum absolute atomic E-state index is 11.9. The summed E-state index contributed by atoms with van der Waals surface area (Å²) >= 11 is 5.81. The minimum Gasteiger partial charge on any atom is -0.348 e. The zero-order valence-electron chi connectivity index (χ0n) is 9.38. The Kier molecular flexibility index (Phi) is 2.91. The van der Waals surface area contributed by atoms with Crippen LogP contribution in [0.4, 0.5) is 0 Å². The highest BCUT2D eigenvalue weighted by Crippen LogP contribution is 2.20. The van der Waals surface area contributed by atoms with Crippen molar-refractivity contribution in [2.45, 2.75) is 25.4 Å². The summed E-state index contributed by atoms with van der Waals surface area (Å²) in [5, 5.41) is 6.90. The van der Waals surface area contributed by atoms with Gasteiger partial charge in [-0.25, -0.2) is 0 Å². The molecule has 1 aliphatic heterocycles. The summed E-state index contributed by atoms with van der Waals surface area (Å²) in [6.45, 7) is 4.75. The summed E-state index contributed by atoms with van der Waals surface area (Å²) in [6.07, 6.45) is 0. The summed E-state index contributed by atoms with van der Waals surface area (Å²) in [4.78, 5) is 11.9. The van der Waals surface area contributed by atoms with Crippen molar-refractivity contribution in [1.29, 1.82) is 0 Å². The van der Waals surface area contributed by atoms with Gasteiger partial charge in [0.25, 0.3) is 0 Å². The van der Waals surface area contributed by atoms with Gasteiger partial charge in [0, 0.05) is 17.1 Å². The minimum atomic E-state index is -0.273. The molecule has 2 N–H and O–H groups in total. The molecule has 1 atom stereocenters. The first-order valence-electron chi connectivity index (χ1n) is 5.29. The van der Waals surface area contributed by atoms with Crippen LogP contribution in [0.15, 0.2) is 24.3 Å². The summed E-state index contributed by atoms with van der Waals surface area (Å²) in [6, 6.07) is 7.07. The average molecular weight is 239 g/mol. The molecule has 3 nitrogen and oxygen atoms in total. The number of amides is 1. The fraction of sp³-hybridized carbons (Fsp3) is 0.417. The molecule has 1 aromatic carbocycles. The third kappa shape index (κ3) is 2.36. The zero-order chi connectivity index (χ0) is 11.8. The van der Waals surface area contributed by atoms with Crippen molar-refractivity contribution >= 4 is 17.5 Å². The van der Waals surface area contributed by atoms with E-state index < -0.39 is 0 Å². The van der Waals surface area contributed by atoms with Gasteiger partial charge in [-0.05, 0) is 31.5 Å². The monoisotopic (exact) mass is 238 g/mol. The lowest BCUT2D eigenvalue weighted by Gasteiger charge is -2.36. The van der Waals surface area contributed by atoms with Gasteiger partial charge in [-0.2, -0.15) is 0 Å². The number of carbonyl (C=O) groups is 1. The van der Waals surface area contributed by atoms with E-state index in [1.807, 2.05) is 26.0 Å². The van der Waals surface area contributed by atoms with Crippen molar-refractivity contribution in [3.63, 3.8) is 0 Å². The number of hydrogen-bond acceptors (Lipinski definition) is 2. The van der Waals surface area contributed by atoms with Crippen LogP contribution in [0.25, 0.3) is 0 Å². The van der Waals surface area contributed by atoms with Gasteiger partial charge < -0.3 is 5.32 Å². The molecule has 1 saturated heterocycles. The average Bonchev–Trinajstić information content (AvgIpc) is 2.19. The molecule has 0 bridgehead atoms. The zero-order valence-corrected chi connectivity index (χ0v) is 10.1. The lowest BCUT2D eigenvalue weighted by atomic mass is 9.97. The second-order valence-corrected chi connectivity index (χ2v) is 5.18. The second-order valence-electron chi connectivity index (χ2n) is 4.74. The highest BCUT2D eigenvalue weighted by atomic mass is 35.5. The molecule has 0 radical (unpaired) electrons. The molecule has 1 aromatic rings. The van der Waals surface area contributed by atoms with Gasteiger partial charge in [-0.15, -0.1) is 0 Å². The van der Waals surface area contributed by atoms with Crippen molar-refractivity contribution in [1.82, 2.24) is 10.6 Å². The molecule has 1 aliphatic rings. The number of rotatable bonds is 1. The number of piperazine rings is 1. The van der Waals surface area contributed by atoms with Crippen LogP contribution in [0.3, 0.4) is 0 Å². The van der Waals surface area contributed by atoms with Crippen molar-refractivity contribution in [3.05, 3.63) is 34.9 Å². The Bertz CT molecular complexity index is 400. The molecule has 1 heterocycles. The molecule has 1 unspecified atom stereocenters. The van der Waals surface area contributed by atoms with E-state index in [0.717, 1.165) is 12.1 Å². The van der Waals surface area contributed by atoms with Crippen LogP contribution in [-0.2, 0) is 4.79 Å². The Morgan fingerprint density at radius 1 is 1.31 bits per heavy atom. The maximum atomic E-state index is 11.9. The van der Waals surface area contributed by atoms with E-state index in [-0.39, 0.29) is 17.5 Å².